The molecule has 0 spiro atoms. The SMILES string of the molecule is COc1ccc(Cl)cc1C(=O)NCCCN(C)c1ccccc1. The van der Waals surface area contributed by atoms with Crippen molar-refractivity contribution < 1.29 is 9.53 Å². The molecule has 5 heteroatoms. The molecule has 2 rings (SSSR count). The van der Waals surface area contributed by atoms with Crippen LogP contribution in [0.15, 0.2) is 48.5 Å². The van der Waals surface area contributed by atoms with E-state index < -0.39 is 0 Å². The Morgan fingerprint density at radius 2 is 1.96 bits per heavy atom. The summed E-state index contributed by atoms with van der Waals surface area (Å²) in [4.78, 5) is 14.4. The van der Waals surface area contributed by atoms with E-state index in [0.717, 1.165) is 18.7 Å². The Balaban J connectivity index is 1.82. The van der Waals surface area contributed by atoms with Crippen LogP contribution < -0.4 is 15.0 Å². The molecular weight excluding hydrogens is 312 g/mol. The van der Waals surface area contributed by atoms with Crippen molar-refractivity contribution >= 4 is 23.2 Å². The summed E-state index contributed by atoms with van der Waals surface area (Å²) in [5.74, 6) is 0.347. The van der Waals surface area contributed by atoms with Crippen LogP contribution in [0, 0.1) is 0 Å². The summed E-state index contributed by atoms with van der Waals surface area (Å²) >= 11 is 5.95. The fourth-order valence-corrected chi connectivity index (χ4v) is 2.45. The molecule has 0 aliphatic heterocycles. The predicted octanol–water partition coefficient (Wildman–Crippen LogP) is 3.60. The number of carbonyl (C=O) groups excluding carboxylic acids is 1. The largest absolute Gasteiger partial charge is 0.496 e. The Bertz CT molecular complexity index is 647. The van der Waals surface area contributed by atoms with Crippen LogP contribution in [0.25, 0.3) is 0 Å². The normalized spacial score (nSPS) is 10.2. The molecule has 1 amide bonds. The summed E-state index contributed by atoms with van der Waals surface area (Å²) in [5, 5.41) is 3.42. The van der Waals surface area contributed by atoms with Gasteiger partial charge in [0.05, 0.1) is 12.7 Å². The zero-order chi connectivity index (χ0) is 16.7. The number of anilines is 1. The van der Waals surface area contributed by atoms with Gasteiger partial charge in [-0.1, -0.05) is 29.8 Å². The lowest BCUT2D eigenvalue weighted by atomic mass is 10.2. The van der Waals surface area contributed by atoms with Crippen molar-refractivity contribution in [1.29, 1.82) is 0 Å². The van der Waals surface area contributed by atoms with Crippen molar-refractivity contribution in [2.24, 2.45) is 0 Å². The summed E-state index contributed by atoms with van der Waals surface area (Å²) in [7, 11) is 3.58. The van der Waals surface area contributed by atoms with Gasteiger partial charge in [-0.05, 0) is 36.8 Å². The van der Waals surface area contributed by atoms with E-state index in [1.54, 1.807) is 18.2 Å². The molecule has 0 aliphatic rings. The Kier molecular flexibility index (Phi) is 6.29. The van der Waals surface area contributed by atoms with Crippen LogP contribution in [-0.4, -0.2) is 33.2 Å². The van der Waals surface area contributed by atoms with E-state index in [2.05, 4.69) is 22.3 Å². The molecule has 2 aromatic rings. The predicted molar refractivity (Wildman–Crippen MR) is 94.7 cm³/mol. The number of halogens is 1. The molecule has 0 bridgehead atoms. The first-order valence-electron chi connectivity index (χ1n) is 7.49. The molecular formula is C18H21ClN2O2. The van der Waals surface area contributed by atoms with Crippen molar-refractivity contribution in [2.75, 3.05) is 32.1 Å². The number of ether oxygens (including phenoxy) is 1. The van der Waals surface area contributed by atoms with E-state index in [4.69, 9.17) is 16.3 Å². The van der Waals surface area contributed by atoms with Crippen molar-refractivity contribution in [3.63, 3.8) is 0 Å². The van der Waals surface area contributed by atoms with Gasteiger partial charge in [0.1, 0.15) is 5.75 Å². The highest BCUT2D eigenvalue weighted by Gasteiger charge is 2.12. The second kappa shape index (κ2) is 8.44. The van der Waals surface area contributed by atoms with Gasteiger partial charge in [0.25, 0.3) is 5.91 Å². The van der Waals surface area contributed by atoms with Crippen LogP contribution in [0.5, 0.6) is 5.75 Å². The fraction of sp³-hybridized carbons (Fsp3) is 0.278. The summed E-state index contributed by atoms with van der Waals surface area (Å²) in [6, 6.07) is 15.2. The lowest BCUT2D eigenvalue weighted by Gasteiger charge is -2.19. The highest BCUT2D eigenvalue weighted by atomic mass is 35.5. The minimum Gasteiger partial charge on any atom is -0.496 e. The van der Waals surface area contributed by atoms with Crippen LogP contribution in [0.2, 0.25) is 5.02 Å². The van der Waals surface area contributed by atoms with Crippen LogP contribution >= 0.6 is 11.6 Å². The Morgan fingerprint density at radius 1 is 1.22 bits per heavy atom. The zero-order valence-corrected chi connectivity index (χ0v) is 14.1. The third kappa shape index (κ3) is 4.89. The number of para-hydroxylation sites is 1. The molecule has 1 N–H and O–H groups in total. The number of nitrogens with one attached hydrogen (secondary N) is 1. The number of hydrogen-bond acceptors (Lipinski definition) is 3. The van der Waals surface area contributed by atoms with Gasteiger partial charge in [0, 0.05) is 30.8 Å². The highest BCUT2D eigenvalue weighted by molar-refractivity contribution is 6.31. The van der Waals surface area contributed by atoms with Crippen LogP contribution in [0.4, 0.5) is 5.69 Å². The van der Waals surface area contributed by atoms with Crippen molar-refractivity contribution in [2.45, 2.75) is 6.42 Å². The van der Waals surface area contributed by atoms with E-state index >= 15 is 0 Å². The number of methoxy groups -OCH3 is 1. The monoisotopic (exact) mass is 332 g/mol. The molecule has 0 heterocycles. The maximum Gasteiger partial charge on any atom is 0.255 e. The first-order valence-corrected chi connectivity index (χ1v) is 7.87. The first kappa shape index (κ1) is 17.2. The maximum absolute atomic E-state index is 12.2. The molecule has 4 nitrogen and oxygen atoms in total. The summed E-state index contributed by atoms with van der Waals surface area (Å²) in [6.45, 7) is 1.45. The second-order valence-electron chi connectivity index (χ2n) is 5.21. The molecule has 23 heavy (non-hydrogen) atoms. The van der Waals surface area contributed by atoms with Crippen molar-refractivity contribution in [3.8, 4) is 5.75 Å². The lowest BCUT2D eigenvalue weighted by Crippen LogP contribution is -2.28. The Hall–Kier alpha value is -2.20. The highest BCUT2D eigenvalue weighted by Crippen LogP contribution is 2.22. The molecule has 2 aromatic carbocycles. The average Bonchev–Trinajstić information content (AvgIpc) is 2.59. The Morgan fingerprint density at radius 3 is 2.65 bits per heavy atom. The van der Waals surface area contributed by atoms with Gasteiger partial charge in [-0.3, -0.25) is 4.79 Å². The van der Waals surface area contributed by atoms with Crippen LogP contribution in [-0.2, 0) is 0 Å². The number of benzene rings is 2. The zero-order valence-electron chi connectivity index (χ0n) is 13.4. The fourth-order valence-electron chi connectivity index (χ4n) is 2.28. The minimum atomic E-state index is -0.174. The van der Waals surface area contributed by atoms with Gasteiger partial charge < -0.3 is 15.0 Å². The van der Waals surface area contributed by atoms with E-state index in [9.17, 15) is 4.79 Å². The molecule has 0 aromatic heterocycles. The molecule has 0 radical (unpaired) electrons. The van der Waals surface area contributed by atoms with Crippen LogP contribution in [0.1, 0.15) is 16.8 Å². The third-order valence-corrected chi connectivity index (χ3v) is 3.79. The standard InChI is InChI=1S/C18H21ClN2O2/c1-21(15-7-4-3-5-8-15)12-6-11-20-18(22)16-13-14(19)9-10-17(16)23-2/h3-5,7-10,13H,6,11-12H2,1-2H3,(H,20,22). The van der Waals surface area contributed by atoms with Crippen LogP contribution in [0.3, 0.4) is 0 Å². The van der Waals surface area contributed by atoms with Gasteiger partial charge in [0.2, 0.25) is 0 Å². The van der Waals surface area contributed by atoms with Gasteiger partial charge in [-0.15, -0.1) is 0 Å². The molecule has 0 saturated heterocycles. The smallest absolute Gasteiger partial charge is 0.255 e. The second-order valence-corrected chi connectivity index (χ2v) is 5.65. The van der Waals surface area contributed by atoms with E-state index in [0.29, 0.717) is 22.9 Å². The summed E-state index contributed by atoms with van der Waals surface area (Å²) in [5.41, 5.74) is 1.62. The van der Waals surface area contributed by atoms with Gasteiger partial charge in [-0.25, -0.2) is 0 Å². The minimum absolute atomic E-state index is 0.174. The van der Waals surface area contributed by atoms with E-state index in [1.807, 2.05) is 25.2 Å². The van der Waals surface area contributed by atoms with Gasteiger partial charge in [0.15, 0.2) is 0 Å². The third-order valence-electron chi connectivity index (χ3n) is 3.56. The molecule has 0 unspecified atom stereocenters. The van der Waals surface area contributed by atoms with Crippen molar-refractivity contribution in [3.05, 3.63) is 59.1 Å². The number of hydrogen-bond donors (Lipinski definition) is 1. The van der Waals surface area contributed by atoms with Crippen molar-refractivity contribution in [1.82, 2.24) is 5.32 Å². The summed E-state index contributed by atoms with van der Waals surface area (Å²) in [6.07, 6.45) is 0.847. The first-order chi connectivity index (χ1) is 11.1. The van der Waals surface area contributed by atoms with Gasteiger partial charge in [-0.2, -0.15) is 0 Å². The molecule has 0 aliphatic carbocycles. The topological polar surface area (TPSA) is 41.6 Å². The quantitative estimate of drug-likeness (QED) is 0.788. The van der Waals surface area contributed by atoms with E-state index in [1.165, 1.54) is 7.11 Å². The molecule has 122 valence electrons. The van der Waals surface area contributed by atoms with Gasteiger partial charge >= 0.3 is 0 Å². The Labute approximate surface area is 142 Å². The molecule has 0 fully saturated rings. The number of amides is 1. The molecule has 0 atom stereocenters. The number of carbonyl (C=O) groups is 1. The lowest BCUT2D eigenvalue weighted by molar-refractivity contribution is 0.0950. The number of rotatable bonds is 7. The van der Waals surface area contributed by atoms with E-state index in [-0.39, 0.29) is 5.91 Å². The number of nitrogens with zero attached hydrogens (tertiary/aromatic N) is 1. The maximum atomic E-state index is 12.2. The summed E-state index contributed by atoms with van der Waals surface area (Å²) < 4.78 is 5.20. The average molecular weight is 333 g/mol. The molecule has 0 saturated carbocycles.